The fraction of sp³-hybridized carbons (Fsp3) is 0.348. The number of alkyl halides is 2. The molecule has 28 heavy (non-hydrogen) atoms. The molecule has 1 saturated heterocycles. The number of nitrogens with zero attached hydrogens (tertiary/aromatic N) is 1. The number of hydrogen-bond acceptors (Lipinski definition) is 2. The summed E-state index contributed by atoms with van der Waals surface area (Å²) in [7, 11) is 0. The molecule has 0 aliphatic carbocycles. The molecule has 2 aromatic rings. The van der Waals surface area contributed by atoms with Gasteiger partial charge in [-0.15, -0.1) is 0 Å². The second-order valence-electron chi connectivity index (χ2n) is 7.21. The zero-order valence-corrected chi connectivity index (χ0v) is 16.1. The molecule has 0 N–H and O–H groups in total. The monoisotopic (exact) mass is 385 g/mol. The van der Waals surface area contributed by atoms with Gasteiger partial charge in [0.2, 0.25) is 0 Å². The highest BCUT2D eigenvalue weighted by atomic mass is 19.3. The Morgan fingerprint density at radius 1 is 1.04 bits per heavy atom. The normalized spacial score (nSPS) is 20.3. The Balaban J connectivity index is 1.95. The molecule has 3 nitrogen and oxygen atoms in total. The van der Waals surface area contributed by atoms with Gasteiger partial charge in [0, 0.05) is 17.7 Å². The van der Waals surface area contributed by atoms with E-state index in [1.807, 2.05) is 41.3 Å². The van der Waals surface area contributed by atoms with Crippen LogP contribution in [0.1, 0.15) is 44.2 Å². The smallest absolute Gasteiger partial charge is 0.387 e. The second-order valence-corrected chi connectivity index (χ2v) is 7.21. The van der Waals surface area contributed by atoms with Gasteiger partial charge in [0.1, 0.15) is 5.75 Å². The van der Waals surface area contributed by atoms with Crippen LogP contribution in [0, 0.1) is 0 Å². The van der Waals surface area contributed by atoms with Crippen molar-refractivity contribution in [2.75, 3.05) is 0 Å². The van der Waals surface area contributed by atoms with E-state index in [-0.39, 0.29) is 23.7 Å². The highest BCUT2D eigenvalue weighted by Gasteiger charge is 2.31. The Hall–Kier alpha value is -2.69. The summed E-state index contributed by atoms with van der Waals surface area (Å²) < 4.78 is 29.1. The van der Waals surface area contributed by atoms with Gasteiger partial charge in [-0.1, -0.05) is 42.5 Å². The maximum Gasteiger partial charge on any atom is 0.387 e. The van der Waals surface area contributed by atoms with Gasteiger partial charge < -0.3 is 9.64 Å². The summed E-state index contributed by atoms with van der Waals surface area (Å²) in [6, 6.07) is 16.2. The second kappa shape index (κ2) is 9.00. The van der Waals surface area contributed by atoms with Crippen molar-refractivity contribution in [1.29, 1.82) is 0 Å². The zero-order chi connectivity index (χ0) is 20.1. The van der Waals surface area contributed by atoms with Crippen LogP contribution >= 0.6 is 0 Å². The van der Waals surface area contributed by atoms with E-state index in [1.54, 1.807) is 12.1 Å². The van der Waals surface area contributed by atoms with E-state index in [2.05, 4.69) is 18.6 Å². The minimum absolute atomic E-state index is 0.00110. The van der Waals surface area contributed by atoms with Crippen molar-refractivity contribution in [2.45, 2.75) is 51.8 Å². The summed E-state index contributed by atoms with van der Waals surface area (Å²) in [6.07, 6.45) is 4.94. The lowest BCUT2D eigenvalue weighted by Crippen LogP contribution is -2.47. The molecule has 1 heterocycles. The first kappa shape index (κ1) is 20.1. The SMILES string of the molecule is C[C@@H]1CCC[C@H](C)N1C(=O)/C(=C/c1ccc(OC(F)F)cc1)c1ccccc1. The molecule has 2 aromatic carbocycles. The van der Waals surface area contributed by atoms with Crippen LogP contribution in [-0.4, -0.2) is 29.5 Å². The molecule has 3 rings (SSSR count). The summed E-state index contributed by atoms with van der Waals surface area (Å²) in [5, 5.41) is 0. The van der Waals surface area contributed by atoms with Gasteiger partial charge in [0.25, 0.3) is 5.91 Å². The van der Waals surface area contributed by atoms with Crippen LogP contribution in [0.25, 0.3) is 11.6 Å². The molecule has 1 aliphatic rings. The third-order valence-electron chi connectivity index (χ3n) is 5.16. The van der Waals surface area contributed by atoms with E-state index >= 15 is 0 Å². The van der Waals surface area contributed by atoms with E-state index in [1.165, 1.54) is 12.1 Å². The van der Waals surface area contributed by atoms with E-state index in [9.17, 15) is 13.6 Å². The van der Waals surface area contributed by atoms with Crippen LogP contribution in [0.2, 0.25) is 0 Å². The first-order valence-corrected chi connectivity index (χ1v) is 9.60. The quantitative estimate of drug-likeness (QED) is 0.494. The summed E-state index contributed by atoms with van der Waals surface area (Å²) in [6.45, 7) is 1.32. The number of amides is 1. The fourth-order valence-electron chi connectivity index (χ4n) is 3.76. The number of rotatable bonds is 5. The number of benzene rings is 2. The molecular weight excluding hydrogens is 360 g/mol. The Morgan fingerprint density at radius 3 is 2.21 bits per heavy atom. The number of carbonyl (C=O) groups is 1. The van der Waals surface area contributed by atoms with Crippen molar-refractivity contribution in [3.8, 4) is 5.75 Å². The molecule has 1 aliphatic heterocycles. The first-order valence-electron chi connectivity index (χ1n) is 9.60. The predicted octanol–water partition coefficient (Wildman–Crippen LogP) is 5.62. The van der Waals surface area contributed by atoms with Gasteiger partial charge in [-0.2, -0.15) is 8.78 Å². The summed E-state index contributed by atoms with van der Waals surface area (Å²) in [4.78, 5) is 15.4. The number of halogens is 2. The van der Waals surface area contributed by atoms with Crippen LogP contribution in [0.4, 0.5) is 8.78 Å². The van der Waals surface area contributed by atoms with Crippen molar-refractivity contribution in [2.24, 2.45) is 0 Å². The molecule has 0 unspecified atom stereocenters. The van der Waals surface area contributed by atoms with Gasteiger partial charge in [0.05, 0.1) is 0 Å². The van der Waals surface area contributed by atoms with Crippen LogP contribution in [-0.2, 0) is 4.79 Å². The Morgan fingerprint density at radius 2 is 1.64 bits per heavy atom. The van der Waals surface area contributed by atoms with Gasteiger partial charge >= 0.3 is 6.61 Å². The molecule has 2 atom stereocenters. The number of likely N-dealkylation sites (tertiary alicyclic amines) is 1. The van der Waals surface area contributed by atoms with Crippen LogP contribution in [0.5, 0.6) is 5.75 Å². The zero-order valence-electron chi connectivity index (χ0n) is 16.1. The molecule has 1 amide bonds. The maximum absolute atomic E-state index is 13.5. The van der Waals surface area contributed by atoms with Crippen molar-refractivity contribution >= 4 is 17.6 Å². The highest BCUT2D eigenvalue weighted by molar-refractivity contribution is 6.24. The molecule has 1 fully saturated rings. The van der Waals surface area contributed by atoms with Crippen molar-refractivity contribution < 1.29 is 18.3 Å². The average molecular weight is 385 g/mol. The molecule has 148 valence electrons. The highest BCUT2D eigenvalue weighted by Crippen LogP contribution is 2.29. The van der Waals surface area contributed by atoms with Crippen LogP contribution in [0.15, 0.2) is 54.6 Å². The molecule has 0 bridgehead atoms. The molecule has 0 radical (unpaired) electrons. The van der Waals surface area contributed by atoms with Crippen molar-refractivity contribution in [3.63, 3.8) is 0 Å². The molecule has 0 spiro atoms. The Bertz CT molecular complexity index is 808. The molecule has 0 aromatic heterocycles. The topological polar surface area (TPSA) is 29.5 Å². The van der Waals surface area contributed by atoms with Gasteiger partial charge in [-0.25, -0.2) is 0 Å². The number of ether oxygens (including phenoxy) is 1. The van der Waals surface area contributed by atoms with Crippen LogP contribution < -0.4 is 4.74 Å². The third kappa shape index (κ3) is 4.77. The van der Waals surface area contributed by atoms with Crippen molar-refractivity contribution in [3.05, 3.63) is 65.7 Å². The molecule has 0 saturated carbocycles. The first-order chi connectivity index (χ1) is 13.5. The average Bonchev–Trinajstić information content (AvgIpc) is 2.67. The lowest BCUT2D eigenvalue weighted by atomic mass is 9.94. The molecule has 5 heteroatoms. The Kier molecular flexibility index (Phi) is 6.45. The van der Waals surface area contributed by atoms with Gasteiger partial charge in [-0.3, -0.25) is 4.79 Å². The third-order valence-corrected chi connectivity index (χ3v) is 5.16. The van der Waals surface area contributed by atoms with E-state index in [0.29, 0.717) is 5.57 Å². The van der Waals surface area contributed by atoms with E-state index in [4.69, 9.17) is 0 Å². The minimum Gasteiger partial charge on any atom is -0.435 e. The van der Waals surface area contributed by atoms with Gasteiger partial charge in [0.15, 0.2) is 0 Å². The lowest BCUT2D eigenvalue weighted by Gasteiger charge is -2.39. The van der Waals surface area contributed by atoms with E-state index < -0.39 is 6.61 Å². The van der Waals surface area contributed by atoms with Crippen molar-refractivity contribution in [1.82, 2.24) is 4.90 Å². The number of carbonyl (C=O) groups excluding carboxylic acids is 1. The summed E-state index contributed by atoms with van der Waals surface area (Å²) in [5.74, 6) is 0.0943. The minimum atomic E-state index is -2.86. The number of hydrogen-bond donors (Lipinski definition) is 0. The van der Waals surface area contributed by atoms with Gasteiger partial charge in [-0.05, 0) is 62.4 Å². The fourth-order valence-corrected chi connectivity index (χ4v) is 3.76. The predicted molar refractivity (Wildman–Crippen MR) is 107 cm³/mol. The summed E-state index contributed by atoms with van der Waals surface area (Å²) >= 11 is 0. The van der Waals surface area contributed by atoms with E-state index in [0.717, 1.165) is 30.4 Å². The maximum atomic E-state index is 13.5. The summed E-state index contributed by atoms with van der Waals surface area (Å²) in [5.41, 5.74) is 2.19. The Labute approximate surface area is 164 Å². The lowest BCUT2D eigenvalue weighted by molar-refractivity contribution is -0.130. The van der Waals surface area contributed by atoms with Crippen LogP contribution in [0.3, 0.4) is 0 Å². The molecular formula is C23H25F2NO2. The number of piperidine rings is 1. The standard InChI is InChI=1S/C23H25F2NO2/c1-16-7-6-8-17(2)26(16)22(27)21(19-9-4-3-5-10-19)15-18-11-13-20(14-12-18)28-23(24)25/h3-5,9-17,23H,6-8H2,1-2H3/b21-15+/t16-,17+. The largest absolute Gasteiger partial charge is 0.435 e.